The Balaban J connectivity index is 3.91. The standard InChI is InChI=1S/C9H17ClO/c1-4-6-7(3)8(5-2)9(10)11/h7-8H,4-6H2,1-3H3. The van der Waals surface area contributed by atoms with Gasteiger partial charge in [0.05, 0.1) is 0 Å². The fourth-order valence-corrected chi connectivity index (χ4v) is 1.81. The number of hydrogen-bond donors (Lipinski definition) is 0. The molecule has 0 N–H and O–H groups in total. The van der Waals surface area contributed by atoms with E-state index >= 15 is 0 Å². The summed E-state index contributed by atoms with van der Waals surface area (Å²) in [5.41, 5.74) is 0. The first-order valence-electron chi connectivity index (χ1n) is 4.32. The van der Waals surface area contributed by atoms with Crippen LogP contribution in [0.1, 0.15) is 40.0 Å². The Morgan fingerprint density at radius 3 is 2.27 bits per heavy atom. The predicted octanol–water partition coefficient (Wildman–Crippen LogP) is 3.21. The van der Waals surface area contributed by atoms with Gasteiger partial charge in [-0.15, -0.1) is 0 Å². The Hall–Kier alpha value is -0.0400. The fourth-order valence-electron chi connectivity index (χ4n) is 1.44. The molecule has 0 bridgehead atoms. The highest BCUT2D eigenvalue weighted by Gasteiger charge is 2.20. The molecule has 0 amide bonds. The lowest BCUT2D eigenvalue weighted by molar-refractivity contribution is -0.116. The van der Waals surface area contributed by atoms with Crippen molar-refractivity contribution in [3.8, 4) is 0 Å². The van der Waals surface area contributed by atoms with E-state index < -0.39 is 0 Å². The maximum absolute atomic E-state index is 10.9. The molecule has 0 aliphatic rings. The summed E-state index contributed by atoms with van der Waals surface area (Å²) < 4.78 is 0. The molecule has 0 rings (SSSR count). The van der Waals surface area contributed by atoms with Gasteiger partial charge in [0.1, 0.15) is 0 Å². The van der Waals surface area contributed by atoms with E-state index in [1.54, 1.807) is 0 Å². The fraction of sp³-hybridized carbons (Fsp3) is 0.889. The summed E-state index contributed by atoms with van der Waals surface area (Å²) in [7, 11) is 0. The lowest BCUT2D eigenvalue weighted by atomic mass is 9.89. The zero-order valence-corrected chi connectivity index (χ0v) is 8.32. The average Bonchev–Trinajstić information content (AvgIpc) is 1.88. The molecule has 2 unspecified atom stereocenters. The Morgan fingerprint density at radius 1 is 1.45 bits per heavy atom. The summed E-state index contributed by atoms with van der Waals surface area (Å²) >= 11 is 5.44. The van der Waals surface area contributed by atoms with Gasteiger partial charge in [0.2, 0.25) is 5.24 Å². The van der Waals surface area contributed by atoms with Crippen molar-refractivity contribution in [1.82, 2.24) is 0 Å². The molecule has 1 nitrogen and oxygen atoms in total. The first-order valence-corrected chi connectivity index (χ1v) is 4.70. The molecule has 0 aromatic rings. The van der Waals surface area contributed by atoms with E-state index in [9.17, 15) is 4.79 Å². The number of hydrogen-bond acceptors (Lipinski definition) is 1. The molecule has 0 aliphatic carbocycles. The molecule has 0 aliphatic heterocycles. The summed E-state index contributed by atoms with van der Waals surface area (Å²) in [6, 6.07) is 0. The molecule has 0 saturated carbocycles. The lowest BCUT2D eigenvalue weighted by Crippen LogP contribution is -2.16. The number of carbonyl (C=O) groups excluding carboxylic acids is 1. The largest absolute Gasteiger partial charge is 0.281 e. The average molecular weight is 177 g/mol. The highest BCUT2D eigenvalue weighted by molar-refractivity contribution is 6.64. The molecular formula is C9H17ClO. The van der Waals surface area contributed by atoms with Gasteiger partial charge in [0.25, 0.3) is 0 Å². The molecule has 2 atom stereocenters. The van der Waals surface area contributed by atoms with Gasteiger partial charge in [-0.1, -0.05) is 33.6 Å². The lowest BCUT2D eigenvalue weighted by Gasteiger charge is -2.17. The van der Waals surface area contributed by atoms with E-state index in [2.05, 4.69) is 13.8 Å². The maximum Gasteiger partial charge on any atom is 0.224 e. The number of carbonyl (C=O) groups is 1. The highest BCUT2D eigenvalue weighted by Crippen LogP contribution is 2.22. The third-order valence-corrected chi connectivity index (χ3v) is 2.44. The second kappa shape index (κ2) is 5.59. The summed E-state index contributed by atoms with van der Waals surface area (Å²) in [6.07, 6.45) is 3.09. The molecule has 0 spiro atoms. The quantitative estimate of drug-likeness (QED) is 0.588. The Kier molecular flexibility index (Phi) is 5.57. The van der Waals surface area contributed by atoms with Crippen LogP contribution in [0.25, 0.3) is 0 Å². The normalized spacial score (nSPS) is 16.0. The predicted molar refractivity (Wildman–Crippen MR) is 48.7 cm³/mol. The van der Waals surface area contributed by atoms with Gasteiger partial charge in [-0.2, -0.15) is 0 Å². The van der Waals surface area contributed by atoms with Crippen molar-refractivity contribution in [2.24, 2.45) is 11.8 Å². The van der Waals surface area contributed by atoms with Crippen molar-refractivity contribution in [2.45, 2.75) is 40.0 Å². The summed E-state index contributed by atoms with van der Waals surface area (Å²) in [5.74, 6) is 0.506. The summed E-state index contributed by atoms with van der Waals surface area (Å²) in [5, 5.41) is -0.173. The second-order valence-electron chi connectivity index (χ2n) is 3.08. The Bertz CT molecular complexity index is 123. The SMILES string of the molecule is CCCC(C)C(CC)C(=O)Cl. The zero-order chi connectivity index (χ0) is 8.85. The minimum atomic E-state index is -0.173. The van der Waals surface area contributed by atoms with Gasteiger partial charge in [-0.3, -0.25) is 4.79 Å². The highest BCUT2D eigenvalue weighted by atomic mass is 35.5. The monoisotopic (exact) mass is 176 g/mol. The summed E-state index contributed by atoms with van der Waals surface area (Å²) in [4.78, 5) is 10.9. The number of rotatable bonds is 5. The van der Waals surface area contributed by atoms with Crippen LogP contribution in [0.4, 0.5) is 0 Å². The van der Waals surface area contributed by atoms with Crippen LogP contribution in [0.2, 0.25) is 0 Å². The molecule has 0 fully saturated rings. The third kappa shape index (κ3) is 3.76. The van der Waals surface area contributed by atoms with E-state index in [0.717, 1.165) is 19.3 Å². The third-order valence-electron chi connectivity index (χ3n) is 2.16. The summed E-state index contributed by atoms with van der Waals surface area (Å²) in [6.45, 7) is 6.23. The van der Waals surface area contributed by atoms with Crippen molar-refractivity contribution in [1.29, 1.82) is 0 Å². The molecular weight excluding hydrogens is 160 g/mol. The van der Waals surface area contributed by atoms with Crippen LogP contribution in [0.3, 0.4) is 0 Å². The first kappa shape index (κ1) is 11.0. The van der Waals surface area contributed by atoms with Gasteiger partial charge in [0.15, 0.2) is 0 Å². The van der Waals surface area contributed by atoms with Crippen LogP contribution < -0.4 is 0 Å². The van der Waals surface area contributed by atoms with Crippen molar-refractivity contribution < 1.29 is 4.79 Å². The molecule has 0 aromatic heterocycles. The topological polar surface area (TPSA) is 17.1 Å². The van der Waals surface area contributed by atoms with Crippen molar-refractivity contribution in [3.05, 3.63) is 0 Å². The van der Waals surface area contributed by atoms with Gasteiger partial charge in [-0.25, -0.2) is 0 Å². The maximum atomic E-state index is 10.9. The van der Waals surface area contributed by atoms with Crippen LogP contribution >= 0.6 is 11.6 Å². The van der Waals surface area contributed by atoms with Gasteiger partial charge >= 0.3 is 0 Å². The number of halogens is 1. The van der Waals surface area contributed by atoms with E-state index in [1.165, 1.54) is 0 Å². The minimum Gasteiger partial charge on any atom is -0.281 e. The molecule has 0 aromatic carbocycles. The Morgan fingerprint density at radius 2 is 2.00 bits per heavy atom. The second-order valence-corrected chi connectivity index (χ2v) is 3.46. The van der Waals surface area contributed by atoms with Crippen molar-refractivity contribution in [2.75, 3.05) is 0 Å². The first-order chi connectivity index (χ1) is 5.13. The minimum absolute atomic E-state index is 0.0663. The van der Waals surface area contributed by atoms with Crippen LogP contribution in [0.5, 0.6) is 0 Å². The van der Waals surface area contributed by atoms with E-state index in [0.29, 0.717) is 5.92 Å². The molecule has 0 heterocycles. The van der Waals surface area contributed by atoms with E-state index in [4.69, 9.17) is 11.6 Å². The van der Waals surface area contributed by atoms with Crippen LogP contribution in [0.15, 0.2) is 0 Å². The Labute approximate surface area is 74.1 Å². The molecule has 2 heteroatoms. The zero-order valence-electron chi connectivity index (χ0n) is 7.56. The van der Waals surface area contributed by atoms with Crippen molar-refractivity contribution in [3.63, 3.8) is 0 Å². The van der Waals surface area contributed by atoms with Gasteiger partial charge < -0.3 is 0 Å². The molecule has 0 radical (unpaired) electrons. The van der Waals surface area contributed by atoms with Gasteiger partial charge in [-0.05, 0) is 23.9 Å². The molecule has 11 heavy (non-hydrogen) atoms. The van der Waals surface area contributed by atoms with Crippen LogP contribution in [0, 0.1) is 11.8 Å². The van der Waals surface area contributed by atoms with Crippen molar-refractivity contribution >= 4 is 16.8 Å². The smallest absolute Gasteiger partial charge is 0.224 e. The van der Waals surface area contributed by atoms with E-state index in [1.807, 2.05) is 6.92 Å². The van der Waals surface area contributed by atoms with Gasteiger partial charge in [0, 0.05) is 5.92 Å². The molecule has 66 valence electrons. The van der Waals surface area contributed by atoms with Crippen LogP contribution in [-0.4, -0.2) is 5.24 Å². The van der Waals surface area contributed by atoms with Crippen LogP contribution in [-0.2, 0) is 4.79 Å². The molecule has 0 saturated heterocycles. The van der Waals surface area contributed by atoms with E-state index in [-0.39, 0.29) is 11.2 Å².